The molecule has 0 N–H and O–H groups in total. The van der Waals surface area contributed by atoms with Crippen LogP contribution in [0.4, 0.5) is 22.0 Å². The van der Waals surface area contributed by atoms with Crippen LogP contribution in [0.5, 0.6) is 5.75 Å². The van der Waals surface area contributed by atoms with Gasteiger partial charge in [-0.2, -0.15) is 22.0 Å². The van der Waals surface area contributed by atoms with Gasteiger partial charge in [0.2, 0.25) is 0 Å². The van der Waals surface area contributed by atoms with E-state index in [4.69, 9.17) is 11.6 Å². The van der Waals surface area contributed by atoms with Gasteiger partial charge in [-0.15, -0.1) is 0 Å². The summed E-state index contributed by atoms with van der Waals surface area (Å²) in [6, 6.07) is 1.81. The first kappa shape index (κ1) is 13.0. The van der Waals surface area contributed by atoms with Gasteiger partial charge in [-0.25, -0.2) is 0 Å². The molecule has 0 amide bonds. The van der Waals surface area contributed by atoms with Crippen LogP contribution in [0.2, 0.25) is 5.02 Å². The van der Waals surface area contributed by atoms with E-state index < -0.39 is 28.6 Å². The second-order valence-corrected chi connectivity index (χ2v) is 3.29. The van der Waals surface area contributed by atoms with Gasteiger partial charge in [0, 0.05) is 0 Å². The number of hydrogen-bond donors (Lipinski definition) is 0. The molecule has 0 heterocycles. The summed E-state index contributed by atoms with van der Waals surface area (Å²) < 4.78 is 65.1. The van der Waals surface area contributed by atoms with Crippen LogP contribution in [0, 0.1) is 6.92 Å². The Bertz CT molecular complexity index is 382. The van der Waals surface area contributed by atoms with Crippen molar-refractivity contribution < 1.29 is 26.7 Å². The van der Waals surface area contributed by atoms with Gasteiger partial charge in [-0.05, 0) is 18.2 Å². The van der Waals surface area contributed by atoms with Crippen molar-refractivity contribution in [2.75, 3.05) is 0 Å². The molecule has 0 bridgehead atoms. The van der Waals surface area contributed by atoms with Crippen molar-refractivity contribution in [3.05, 3.63) is 35.7 Å². The second-order valence-electron chi connectivity index (χ2n) is 2.88. The van der Waals surface area contributed by atoms with Gasteiger partial charge in [0.15, 0.2) is 0 Å². The van der Waals surface area contributed by atoms with Crippen LogP contribution in [0.1, 0.15) is 5.56 Å². The average Bonchev–Trinajstić information content (AvgIpc) is 2.04. The number of hydrogen-bond acceptors (Lipinski definition) is 1. The van der Waals surface area contributed by atoms with Gasteiger partial charge in [0.1, 0.15) is 5.75 Å². The normalized spacial score (nSPS) is 12.7. The lowest BCUT2D eigenvalue weighted by Gasteiger charge is -2.15. The Labute approximate surface area is 92.8 Å². The van der Waals surface area contributed by atoms with E-state index in [-0.39, 0.29) is 0 Å². The van der Waals surface area contributed by atoms with Gasteiger partial charge in [0.25, 0.3) is 0 Å². The first-order chi connectivity index (χ1) is 7.09. The molecule has 1 aromatic rings. The average molecular weight is 260 g/mol. The third-order valence-electron chi connectivity index (χ3n) is 1.52. The topological polar surface area (TPSA) is 9.23 Å². The Balaban J connectivity index is 3.01. The van der Waals surface area contributed by atoms with E-state index in [2.05, 4.69) is 11.7 Å². The molecule has 16 heavy (non-hydrogen) atoms. The predicted molar refractivity (Wildman–Crippen MR) is 47.4 cm³/mol. The van der Waals surface area contributed by atoms with Crippen molar-refractivity contribution >= 4 is 11.6 Å². The molecule has 1 aromatic carbocycles. The summed E-state index contributed by atoms with van der Waals surface area (Å²) in [5.41, 5.74) is -1.04. The lowest BCUT2D eigenvalue weighted by molar-refractivity contribution is -0.138. The lowest BCUT2D eigenvalue weighted by Crippen LogP contribution is -2.20. The molecule has 0 atom stereocenters. The predicted octanol–water partition coefficient (Wildman–Crippen LogP) is 4.16. The lowest BCUT2D eigenvalue weighted by atomic mass is 10.2. The summed E-state index contributed by atoms with van der Waals surface area (Å²) >= 11 is 5.36. The molecule has 0 spiro atoms. The maximum Gasteiger partial charge on any atom is 0.416 e. The Kier molecular flexibility index (Phi) is 3.33. The molecule has 1 rings (SSSR count). The molecule has 0 aromatic heterocycles. The fourth-order valence-corrected chi connectivity index (χ4v) is 1.14. The third kappa shape index (κ3) is 3.52. The largest absolute Gasteiger partial charge is 0.431 e. The number of rotatable bonds is 2. The molecule has 0 aliphatic heterocycles. The van der Waals surface area contributed by atoms with Crippen LogP contribution in [-0.4, -0.2) is 6.11 Å². The highest BCUT2D eigenvalue weighted by atomic mass is 35.5. The Morgan fingerprint density at radius 2 is 1.69 bits per heavy atom. The smallest absolute Gasteiger partial charge is 0.416 e. The fourth-order valence-electron chi connectivity index (χ4n) is 0.921. The molecular formula is C9H5ClF5O. The summed E-state index contributed by atoms with van der Waals surface area (Å²) in [4.78, 5) is 0. The molecule has 0 aliphatic carbocycles. The van der Waals surface area contributed by atoms with Crippen molar-refractivity contribution in [3.63, 3.8) is 0 Å². The molecule has 7 heteroatoms. The van der Waals surface area contributed by atoms with Crippen LogP contribution in [0.15, 0.2) is 18.2 Å². The van der Waals surface area contributed by atoms with Crippen LogP contribution >= 0.6 is 11.6 Å². The molecular weight excluding hydrogens is 255 g/mol. The van der Waals surface area contributed by atoms with E-state index in [0.717, 1.165) is 0 Å². The number of halogens is 6. The minimum atomic E-state index is -4.59. The van der Waals surface area contributed by atoms with E-state index >= 15 is 0 Å². The Morgan fingerprint density at radius 3 is 2.06 bits per heavy atom. The monoisotopic (exact) mass is 259 g/mol. The maximum absolute atomic E-state index is 12.3. The first-order valence-electron chi connectivity index (χ1n) is 3.88. The minimum Gasteiger partial charge on any atom is -0.431 e. The number of ether oxygens (including phenoxy) is 1. The number of alkyl halides is 5. The van der Waals surface area contributed by atoms with Crippen molar-refractivity contribution in [2.24, 2.45) is 0 Å². The maximum atomic E-state index is 12.3. The summed E-state index contributed by atoms with van der Waals surface area (Å²) in [5, 5.41) is -0.557. The zero-order valence-corrected chi connectivity index (χ0v) is 8.37. The summed E-state index contributed by atoms with van der Waals surface area (Å²) in [5.74, 6) is -0.560. The van der Waals surface area contributed by atoms with Crippen molar-refractivity contribution in [1.29, 1.82) is 0 Å². The van der Waals surface area contributed by atoms with Crippen LogP contribution in [-0.2, 0) is 6.18 Å². The highest BCUT2D eigenvalue weighted by Crippen LogP contribution is 2.36. The second kappa shape index (κ2) is 4.08. The van der Waals surface area contributed by atoms with Crippen LogP contribution in [0.3, 0.4) is 0 Å². The zero-order chi connectivity index (χ0) is 12.6. The summed E-state index contributed by atoms with van der Waals surface area (Å²) in [6.45, 7) is 2.34. The Morgan fingerprint density at radius 1 is 1.12 bits per heavy atom. The number of benzene rings is 1. The minimum absolute atomic E-state index is 0.503. The molecule has 89 valence electrons. The Hall–Kier alpha value is -1.04. The van der Waals surface area contributed by atoms with Crippen molar-refractivity contribution in [1.82, 2.24) is 0 Å². The highest BCUT2D eigenvalue weighted by Gasteiger charge is 2.32. The molecule has 0 aliphatic rings. The van der Waals surface area contributed by atoms with E-state index in [1.165, 1.54) is 0 Å². The molecule has 0 fully saturated rings. The van der Waals surface area contributed by atoms with Crippen molar-refractivity contribution in [3.8, 4) is 5.75 Å². The summed E-state index contributed by atoms with van der Waals surface area (Å²) in [6.07, 6.45) is -8.33. The van der Waals surface area contributed by atoms with E-state index in [9.17, 15) is 22.0 Å². The molecule has 1 radical (unpaired) electrons. The van der Waals surface area contributed by atoms with Gasteiger partial charge >= 0.3 is 12.3 Å². The van der Waals surface area contributed by atoms with E-state index in [1.807, 2.05) is 0 Å². The van der Waals surface area contributed by atoms with Crippen LogP contribution in [0.25, 0.3) is 0 Å². The molecule has 1 nitrogen and oxygen atoms in total. The zero-order valence-electron chi connectivity index (χ0n) is 7.62. The van der Waals surface area contributed by atoms with Gasteiger partial charge < -0.3 is 4.74 Å². The van der Waals surface area contributed by atoms with E-state index in [1.54, 1.807) is 0 Å². The SMILES string of the molecule is [CH2]C(F)(F)Oc1ccc(C(F)(F)F)cc1Cl. The van der Waals surface area contributed by atoms with Crippen LogP contribution < -0.4 is 4.74 Å². The fraction of sp³-hybridized carbons (Fsp3) is 0.222. The van der Waals surface area contributed by atoms with Gasteiger partial charge in [0.05, 0.1) is 17.5 Å². The quantitative estimate of drug-likeness (QED) is 0.725. The molecule has 0 saturated carbocycles. The molecule has 0 saturated heterocycles. The van der Waals surface area contributed by atoms with Gasteiger partial charge in [-0.3, -0.25) is 0 Å². The third-order valence-corrected chi connectivity index (χ3v) is 1.81. The highest BCUT2D eigenvalue weighted by molar-refractivity contribution is 6.32. The van der Waals surface area contributed by atoms with Gasteiger partial charge in [-0.1, -0.05) is 11.6 Å². The molecule has 0 unspecified atom stereocenters. The van der Waals surface area contributed by atoms with Crippen molar-refractivity contribution in [2.45, 2.75) is 12.3 Å². The van der Waals surface area contributed by atoms with E-state index in [0.29, 0.717) is 18.2 Å². The summed E-state index contributed by atoms with van der Waals surface area (Å²) in [7, 11) is 0. The first-order valence-corrected chi connectivity index (χ1v) is 4.26. The standard InChI is InChI=1S/C9H5ClF5O/c1-8(11,12)16-7-3-2-5(4-6(7)10)9(13,14)15/h2-4H,1H2.